The summed E-state index contributed by atoms with van der Waals surface area (Å²) in [6.07, 6.45) is 4.33. The zero-order valence-corrected chi connectivity index (χ0v) is 10.3. The molecule has 1 aliphatic carbocycles. The van der Waals surface area contributed by atoms with Crippen LogP contribution >= 0.6 is 0 Å². The number of nitrogens with zero attached hydrogens (tertiary/aromatic N) is 2. The minimum atomic E-state index is 0.671. The standard InChI is InChI=1S/C14H17N3O/c1-2-4-11(5-3-1)6-9-13-16-14(18-17-13)10-15-12-7-8-12/h1-5,12,15H,6-10H2. The second kappa shape index (κ2) is 5.31. The molecule has 4 nitrogen and oxygen atoms in total. The minimum absolute atomic E-state index is 0.671. The lowest BCUT2D eigenvalue weighted by atomic mass is 10.1. The molecule has 94 valence electrons. The molecule has 1 heterocycles. The van der Waals surface area contributed by atoms with Crippen molar-refractivity contribution in [3.05, 3.63) is 47.6 Å². The van der Waals surface area contributed by atoms with Crippen molar-refractivity contribution in [3.63, 3.8) is 0 Å². The van der Waals surface area contributed by atoms with E-state index in [9.17, 15) is 0 Å². The molecule has 0 bridgehead atoms. The van der Waals surface area contributed by atoms with E-state index >= 15 is 0 Å². The maximum Gasteiger partial charge on any atom is 0.240 e. The van der Waals surface area contributed by atoms with Crippen LogP contribution in [0.5, 0.6) is 0 Å². The maximum atomic E-state index is 5.21. The summed E-state index contributed by atoms with van der Waals surface area (Å²) < 4.78 is 5.21. The molecule has 0 radical (unpaired) electrons. The third-order valence-electron chi connectivity index (χ3n) is 3.11. The third-order valence-corrected chi connectivity index (χ3v) is 3.11. The van der Waals surface area contributed by atoms with Crippen LogP contribution in [0.2, 0.25) is 0 Å². The number of benzene rings is 1. The Hall–Kier alpha value is -1.68. The van der Waals surface area contributed by atoms with Gasteiger partial charge in [-0.05, 0) is 24.8 Å². The molecular weight excluding hydrogens is 226 g/mol. The first-order chi connectivity index (χ1) is 8.90. The Balaban J connectivity index is 1.50. The van der Waals surface area contributed by atoms with Crippen LogP contribution in [-0.2, 0) is 19.4 Å². The predicted molar refractivity (Wildman–Crippen MR) is 68.0 cm³/mol. The first-order valence-electron chi connectivity index (χ1n) is 6.49. The molecule has 1 aromatic heterocycles. The number of hydrogen-bond donors (Lipinski definition) is 1. The maximum absolute atomic E-state index is 5.21. The van der Waals surface area contributed by atoms with Gasteiger partial charge in [-0.25, -0.2) is 0 Å². The van der Waals surface area contributed by atoms with Gasteiger partial charge >= 0.3 is 0 Å². The van der Waals surface area contributed by atoms with Gasteiger partial charge in [0.05, 0.1) is 6.54 Å². The summed E-state index contributed by atoms with van der Waals surface area (Å²) in [5, 5.41) is 7.37. The van der Waals surface area contributed by atoms with Gasteiger partial charge in [0.2, 0.25) is 5.89 Å². The lowest BCUT2D eigenvalue weighted by Gasteiger charge is -1.96. The van der Waals surface area contributed by atoms with Gasteiger partial charge in [-0.1, -0.05) is 35.5 Å². The summed E-state index contributed by atoms with van der Waals surface area (Å²) in [4.78, 5) is 4.38. The van der Waals surface area contributed by atoms with Crippen molar-refractivity contribution < 1.29 is 4.52 Å². The van der Waals surface area contributed by atoms with Gasteiger partial charge in [0.25, 0.3) is 0 Å². The van der Waals surface area contributed by atoms with Crippen molar-refractivity contribution in [1.29, 1.82) is 0 Å². The quantitative estimate of drug-likeness (QED) is 0.844. The van der Waals surface area contributed by atoms with Crippen LogP contribution in [0.4, 0.5) is 0 Å². The van der Waals surface area contributed by atoms with Crippen molar-refractivity contribution in [2.24, 2.45) is 0 Å². The average Bonchev–Trinajstić information content (AvgIpc) is 3.14. The molecule has 1 fully saturated rings. The van der Waals surface area contributed by atoms with Crippen molar-refractivity contribution in [2.75, 3.05) is 0 Å². The molecule has 0 aliphatic heterocycles. The first-order valence-corrected chi connectivity index (χ1v) is 6.49. The molecule has 1 aliphatic rings. The van der Waals surface area contributed by atoms with Crippen molar-refractivity contribution in [3.8, 4) is 0 Å². The average molecular weight is 243 g/mol. The molecular formula is C14H17N3O. The van der Waals surface area contributed by atoms with Crippen LogP contribution in [0.3, 0.4) is 0 Å². The Morgan fingerprint density at radius 1 is 1.17 bits per heavy atom. The lowest BCUT2D eigenvalue weighted by molar-refractivity contribution is 0.362. The molecule has 0 unspecified atom stereocenters. The second-order valence-corrected chi connectivity index (χ2v) is 4.75. The largest absolute Gasteiger partial charge is 0.338 e. The molecule has 3 rings (SSSR count). The van der Waals surface area contributed by atoms with E-state index in [0.29, 0.717) is 18.5 Å². The summed E-state index contributed by atoms with van der Waals surface area (Å²) in [6.45, 7) is 0.697. The van der Waals surface area contributed by atoms with Gasteiger partial charge in [0.1, 0.15) is 0 Å². The monoisotopic (exact) mass is 243 g/mol. The van der Waals surface area contributed by atoms with Gasteiger partial charge in [0.15, 0.2) is 5.82 Å². The van der Waals surface area contributed by atoms with E-state index in [0.717, 1.165) is 18.7 Å². The molecule has 1 aromatic carbocycles. The van der Waals surface area contributed by atoms with Gasteiger partial charge in [-0.15, -0.1) is 0 Å². The molecule has 18 heavy (non-hydrogen) atoms. The highest BCUT2D eigenvalue weighted by molar-refractivity contribution is 5.15. The Labute approximate surface area is 106 Å². The Kier molecular flexibility index (Phi) is 3.37. The normalized spacial score (nSPS) is 14.9. The molecule has 1 saturated carbocycles. The molecule has 0 saturated heterocycles. The third kappa shape index (κ3) is 3.17. The Bertz CT molecular complexity index is 491. The Morgan fingerprint density at radius 3 is 2.78 bits per heavy atom. The molecule has 2 aromatic rings. The van der Waals surface area contributed by atoms with E-state index in [1.54, 1.807) is 0 Å². The lowest BCUT2D eigenvalue weighted by Crippen LogP contribution is -2.15. The van der Waals surface area contributed by atoms with Gasteiger partial charge < -0.3 is 9.84 Å². The van der Waals surface area contributed by atoms with Gasteiger partial charge in [0, 0.05) is 12.5 Å². The van der Waals surface area contributed by atoms with Crippen LogP contribution in [0.1, 0.15) is 30.1 Å². The SMILES string of the molecule is c1ccc(CCc2noc(CNC3CC3)n2)cc1. The number of aryl methyl sites for hydroxylation is 2. The van der Waals surface area contributed by atoms with E-state index in [4.69, 9.17) is 4.52 Å². The van der Waals surface area contributed by atoms with Crippen molar-refractivity contribution >= 4 is 0 Å². The first kappa shape index (κ1) is 11.4. The highest BCUT2D eigenvalue weighted by Crippen LogP contribution is 2.19. The smallest absolute Gasteiger partial charge is 0.240 e. The molecule has 4 heteroatoms. The van der Waals surface area contributed by atoms with Gasteiger partial charge in [-0.3, -0.25) is 0 Å². The Morgan fingerprint density at radius 2 is 2.00 bits per heavy atom. The summed E-state index contributed by atoms with van der Waals surface area (Å²) in [7, 11) is 0. The zero-order valence-electron chi connectivity index (χ0n) is 10.3. The van der Waals surface area contributed by atoms with Crippen LogP contribution in [0, 0.1) is 0 Å². The van der Waals surface area contributed by atoms with E-state index in [1.807, 2.05) is 6.07 Å². The number of nitrogens with one attached hydrogen (secondary N) is 1. The van der Waals surface area contributed by atoms with E-state index < -0.39 is 0 Å². The van der Waals surface area contributed by atoms with E-state index in [-0.39, 0.29) is 0 Å². The second-order valence-electron chi connectivity index (χ2n) is 4.75. The van der Waals surface area contributed by atoms with E-state index in [2.05, 4.69) is 39.7 Å². The van der Waals surface area contributed by atoms with Crippen molar-refractivity contribution in [2.45, 2.75) is 38.3 Å². The number of rotatable bonds is 6. The zero-order chi connectivity index (χ0) is 12.2. The highest BCUT2D eigenvalue weighted by atomic mass is 16.5. The topological polar surface area (TPSA) is 51.0 Å². The van der Waals surface area contributed by atoms with Gasteiger partial charge in [-0.2, -0.15) is 4.98 Å². The van der Waals surface area contributed by atoms with Crippen LogP contribution in [-0.4, -0.2) is 16.2 Å². The summed E-state index contributed by atoms with van der Waals surface area (Å²) in [6, 6.07) is 11.0. The summed E-state index contributed by atoms with van der Waals surface area (Å²) in [5.74, 6) is 1.50. The fourth-order valence-electron chi connectivity index (χ4n) is 1.88. The number of hydrogen-bond acceptors (Lipinski definition) is 4. The summed E-state index contributed by atoms with van der Waals surface area (Å²) in [5.41, 5.74) is 1.31. The predicted octanol–water partition coefficient (Wildman–Crippen LogP) is 2.11. The minimum Gasteiger partial charge on any atom is -0.338 e. The van der Waals surface area contributed by atoms with Crippen LogP contribution in [0.25, 0.3) is 0 Å². The fourth-order valence-corrected chi connectivity index (χ4v) is 1.88. The van der Waals surface area contributed by atoms with E-state index in [1.165, 1.54) is 18.4 Å². The molecule has 0 spiro atoms. The molecule has 0 amide bonds. The summed E-state index contributed by atoms with van der Waals surface area (Å²) >= 11 is 0. The van der Waals surface area contributed by atoms with Crippen LogP contribution in [0.15, 0.2) is 34.9 Å². The number of aromatic nitrogens is 2. The van der Waals surface area contributed by atoms with Crippen molar-refractivity contribution in [1.82, 2.24) is 15.5 Å². The fraction of sp³-hybridized carbons (Fsp3) is 0.429. The molecule has 0 atom stereocenters. The van der Waals surface area contributed by atoms with Crippen LogP contribution < -0.4 is 5.32 Å². The highest BCUT2D eigenvalue weighted by Gasteiger charge is 2.21. The molecule has 1 N–H and O–H groups in total.